The van der Waals surface area contributed by atoms with Gasteiger partial charge >= 0.3 is 25.7 Å². The van der Waals surface area contributed by atoms with Crippen LogP contribution >= 0.6 is 19.6 Å². The van der Waals surface area contributed by atoms with Gasteiger partial charge < -0.3 is 34.8 Å². The smallest absolute Gasteiger partial charge is 0.472 e. The Hall–Kier alpha value is -2.29. The molecule has 0 radical (unpaired) electrons. The largest absolute Gasteiger partial charge is 0.481 e. The molecule has 0 fully saturated rings. The minimum atomic E-state index is -4.51. The Kier molecular flexibility index (Phi) is 39.5. The van der Waals surface area contributed by atoms with Crippen LogP contribution in [0.4, 0.5) is 0 Å². The third-order valence-electron chi connectivity index (χ3n) is 10.4. The second-order valence-corrected chi connectivity index (χ2v) is 20.4. The number of esters is 2. The summed E-state index contributed by atoms with van der Waals surface area (Å²) in [6, 6.07) is -1.12. The lowest BCUT2D eigenvalue weighted by atomic mass is 10.0. The van der Waals surface area contributed by atoms with Crippen molar-refractivity contribution in [2.24, 2.45) is 5.73 Å². The molecule has 15 heteroatoms. The van der Waals surface area contributed by atoms with Crippen molar-refractivity contribution in [3.05, 3.63) is 48.6 Å². The molecule has 0 bridgehead atoms. The van der Waals surface area contributed by atoms with E-state index in [1.165, 1.54) is 102 Å². The molecule has 0 saturated carbocycles. The number of thioether (sulfide) groups is 1. The number of aliphatic hydroxyl groups excluding tert-OH is 1. The van der Waals surface area contributed by atoms with Gasteiger partial charge in [0.05, 0.1) is 33.9 Å². The molecule has 0 heterocycles. The zero-order valence-corrected chi connectivity index (χ0v) is 42.1. The van der Waals surface area contributed by atoms with Crippen LogP contribution in [0.5, 0.6) is 0 Å². The lowest BCUT2D eigenvalue weighted by molar-refractivity contribution is -0.870. The Morgan fingerprint density at radius 1 is 0.719 bits per heavy atom. The van der Waals surface area contributed by atoms with Gasteiger partial charge in [-0.15, -0.1) is 11.8 Å². The summed E-state index contributed by atoms with van der Waals surface area (Å²) in [5.74, 6) is -2.22. The first kappa shape index (κ1) is 61.7. The number of carboxylic acid groups (broad SMARTS) is 1. The van der Waals surface area contributed by atoms with E-state index in [9.17, 15) is 28.9 Å². The van der Waals surface area contributed by atoms with Crippen LogP contribution in [0.3, 0.4) is 0 Å². The van der Waals surface area contributed by atoms with Crippen molar-refractivity contribution in [2.45, 2.75) is 191 Å². The molecule has 64 heavy (non-hydrogen) atoms. The predicted octanol–water partition coefficient (Wildman–Crippen LogP) is 10.8. The molecule has 0 aliphatic rings. The van der Waals surface area contributed by atoms with Gasteiger partial charge in [0.25, 0.3) is 0 Å². The minimum absolute atomic E-state index is 0.0443. The van der Waals surface area contributed by atoms with Crippen LogP contribution in [-0.4, -0.2) is 114 Å². The molecule has 0 rings (SSSR count). The maximum atomic E-state index is 13.1. The molecule has 0 aromatic carbocycles. The Labute approximate surface area is 392 Å². The number of allylic oxidation sites excluding steroid dienone is 7. The van der Waals surface area contributed by atoms with E-state index in [4.69, 9.17) is 29.4 Å². The van der Waals surface area contributed by atoms with Gasteiger partial charge in [0.2, 0.25) is 0 Å². The highest BCUT2D eigenvalue weighted by atomic mass is 32.2. The van der Waals surface area contributed by atoms with E-state index in [2.05, 4.69) is 26.0 Å². The first-order valence-electron chi connectivity index (χ1n) is 24.3. The lowest BCUT2D eigenvalue weighted by Crippen LogP contribution is -2.39. The molecule has 0 spiro atoms. The molecular weight excluding hydrogens is 856 g/mol. The zero-order chi connectivity index (χ0) is 47.7. The summed E-state index contributed by atoms with van der Waals surface area (Å²) < 4.78 is 34.4. The Balaban J connectivity index is 5.19. The van der Waals surface area contributed by atoms with E-state index in [0.29, 0.717) is 17.4 Å². The molecule has 1 unspecified atom stereocenters. The van der Waals surface area contributed by atoms with E-state index < -0.39 is 62.4 Å². The number of quaternary nitrogens is 1. The maximum absolute atomic E-state index is 13.1. The van der Waals surface area contributed by atoms with Crippen molar-refractivity contribution in [1.82, 2.24) is 0 Å². The number of aliphatic hydroxyl groups is 1. The number of unbranched alkanes of at least 4 members (excludes halogenated alkanes) is 17. The van der Waals surface area contributed by atoms with E-state index >= 15 is 0 Å². The summed E-state index contributed by atoms with van der Waals surface area (Å²) in [7, 11) is 1.22. The number of rotatable bonds is 44. The second-order valence-electron chi connectivity index (χ2n) is 17.7. The van der Waals surface area contributed by atoms with Gasteiger partial charge in [0.1, 0.15) is 25.8 Å². The first-order valence-corrected chi connectivity index (χ1v) is 26.8. The monoisotopic (exact) mass is 946 g/mol. The molecule has 0 aliphatic carbocycles. The lowest BCUT2D eigenvalue weighted by Gasteiger charge is -2.24. The maximum Gasteiger partial charge on any atom is 0.472 e. The quantitative estimate of drug-likeness (QED) is 0.0113. The van der Waals surface area contributed by atoms with Crippen LogP contribution < -0.4 is 5.73 Å². The molecule has 0 aliphatic heterocycles. The van der Waals surface area contributed by atoms with Crippen LogP contribution in [0.1, 0.15) is 168 Å². The Morgan fingerprint density at radius 3 is 1.89 bits per heavy atom. The van der Waals surface area contributed by atoms with Crippen LogP contribution in [0, 0.1) is 0 Å². The number of carbonyl (C=O) groups excluding carboxylic acids is 2. The molecule has 0 amide bonds. The third kappa shape index (κ3) is 41.2. The van der Waals surface area contributed by atoms with E-state index in [0.717, 1.165) is 32.1 Å². The number of ether oxygens (including phenoxy) is 2. The summed E-state index contributed by atoms with van der Waals surface area (Å²) in [6.07, 6.45) is 37.6. The van der Waals surface area contributed by atoms with Gasteiger partial charge in [-0.05, 0) is 38.5 Å². The van der Waals surface area contributed by atoms with Crippen molar-refractivity contribution in [2.75, 3.05) is 53.3 Å². The highest BCUT2D eigenvalue weighted by molar-refractivity contribution is 8.00. The van der Waals surface area contributed by atoms with Crippen LogP contribution in [0.25, 0.3) is 0 Å². The van der Waals surface area contributed by atoms with Gasteiger partial charge in [-0.3, -0.25) is 23.4 Å². The number of hydrogen-bond acceptors (Lipinski definition) is 11. The normalized spacial score (nSPS) is 15.2. The molecule has 5 atom stereocenters. The average molecular weight is 946 g/mol. The number of nitrogens with two attached hydrogens (primary N) is 1. The van der Waals surface area contributed by atoms with Crippen molar-refractivity contribution in [3.8, 4) is 0 Å². The van der Waals surface area contributed by atoms with Crippen LogP contribution in [-0.2, 0) is 37.5 Å². The minimum Gasteiger partial charge on any atom is -0.481 e. The number of hydrogen-bond donors (Lipinski definition) is 4. The summed E-state index contributed by atoms with van der Waals surface area (Å²) in [6.45, 7) is 3.82. The van der Waals surface area contributed by atoms with E-state index in [-0.39, 0.29) is 38.0 Å². The van der Waals surface area contributed by atoms with Crippen LogP contribution in [0.15, 0.2) is 48.6 Å². The zero-order valence-electron chi connectivity index (χ0n) is 40.4. The number of phosphoric ester groups is 1. The number of phosphoric acid groups is 1. The highest BCUT2D eigenvalue weighted by Gasteiger charge is 2.28. The molecule has 0 saturated heterocycles. The molecule has 372 valence electrons. The van der Waals surface area contributed by atoms with Crippen molar-refractivity contribution in [3.63, 3.8) is 0 Å². The summed E-state index contributed by atoms with van der Waals surface area (Å²) in [4.78, 5) is 47.3. The molecule has 5 N–H and O–H groups in total. The van der Waals surface area contributed by atoms with Crippen molar-refractivity contribution < 1.29 is 57.1 Å². The van der Waals surface area contributed by atoms with Gasteiger partial charge in [-0.1, -0.05) is 165 Å². The fraction of sp³-hybridized carbons (Fsp3) is 0.776. The molecular formula is C49H90N2O11PS+. The number of nitrogens with zero attached hydrogens (tertiary/aromatic N) is 1. The third-order valence-corrected chi connectivity index (χ3v) is 12.8. The number of carbonyl (C=O) groups is 3. The fourth-order valence-corrected chi connectivity index (χ4v) is 8.26. The Morgan fingerprint density at radius 2 is 1.30 bits per heavy atom. The predicted molar refractivity (Wildman–Crippen MR) is 262 cm³/mol. The number of likely N-dealkylation sites (N-methyl/N-ethyl adjacent to an activating group) is 1. The average Bonchev–Trinajstić information content (AvgIpc) is 3.23. The van der Waals surface area contributed by atoms with Crippen LogP contribution in [0.2, 0.25) is 0 Å². The second kappa shape index (κ2) is 40.9. The molecule has 0 aromatic heterocycles. The number of aliphatic carboxylic acids is 1. The topological polar surface area (TPSA) is 192 Å². The van der Waals surface area contributed by atoms with Gasteiger partial charge in [0.15, 0.2) is 6.10 Å². The van der Waals surface area contributed by atoms with Gasteiger partial charge in [0, 0.05) is 23.8 Å². The van der Waals surface area contributed by atoms with E-state index in [1.54, 1.807) is 12.2 Å². The van der Waals surface area contributed by atoms with Crippen molar-refractivity contribution in [1.29, 1.82) is 0 Å². The Bertz CT molecular complexity index is 1350. The van der Waals surface area contributed by atoms with Gasteiger partial charge in [-0.25, -0.2) is 4.57 Å². The summed E-state index contributed by atoms with van der Waals surface area (Å²) in [5, 5.41) is 19.5. The van der Waals surface area contributed by atoms with Gasteiger partial charge in [-0.2, -0.15) is 0 Å². The number of carboxylic acids is 1. The fourth-order valence-electron chi connectivity index (χ4n) is 6.40. The summed E-state index contributed by atoms with van der Waals surface area (Å²) in [5.41, 5.74) is 6.21. The first-order chi connectivity index (χ1) is 30.6. The summed E-state index contributed by atoms with van der Waals surface area (Å²) >= 11 is 1.23. The standard InChI is InChI=1S/C49H89N2O11PS/c1-6-8-10-12-14-16-18-20-21-22-24-26-28-30-32-37-48(55)62-43(41-61-63(57,58)60-39-38-51(3,4)5)40-59-49(56)44(50)42-64-46(45(52)34-33-36-47(53)54)35-31-29-27-25-23-19-17-15-13-11-9-7-2/h15,17,23,25,27,29,31,35,43-46,52H,6-14,16,18-22,24,26,28,30,32-34,36-42,50H2,1-5H3,(H-,53,54,57,58)/p+1/b17-15-,25-23-,29-27+,35-31+/t43-,44+,45+,46-/m1/s1. The molecule has 0 aromatic rings. The van der Waals surface area contributed by atoms with Crippen molar-refractivity contribution >= 4 is 37.5 Å². The highest BCUT2D eigenvalue weighted by Crippen LogP contribution is 2.43. The SMILES string of the molecule is CCCCC/C=C\C\C=C/C=C/C=C/[C@@H](SC[C@H](N)C(=O)OC[C@H](COP(=O)(O)OCC[N+](C)(C)C)OC(=O)CCCCCCCCCCCCCCCCC)[C@@H](O)CCCC(=O)O. The molecule has 13 nitrogen and oxygen atoms in total. The van der Waals surface area contributed by atoms with E-state index in [1.807, 2.05) is 45.4 Å².